The largest absolute Gasteiger partial charge is 0.373 e. The van der Waals surface area contributed by atoms with E-state index < -0.39 is 0 Å². The summed E-state index contributed by atoms with van der Waals surface area (Å²) in [6.45, 7) is 6.84. The fourth-order valence-corrected chi connectivity index (χ4v) is 3.91. The first-order chi connectivity index (χ1) is 10.5. The number of anilines is 1. The van der Waals surface area contributed by atoms with E-state index in [1.54, 1.807) is 22.2 Å². The van der Waals surface area contributed by atoms with Gasteiger partial charge >= 0.3 is 0 Å². The van der Waals surface area contributed by atoms with Gasteiger partial charge in [0.25, 0.3) is 0 Å². The molecule has 6 heteroatoms. The second-order valence-electron chi connectivity index (χ2n) is 5.86. The number of aryl methyl sites for hydroxylation is 2. The molecule has 2 aromatic heterocycles. The number of rotatable bonds is 3. The molecule has 0 radical (unpaired) electrons. The van der Waals surface area contributed by atoms with Crippen molar-refractivity contribution in [3.8, 4) is 0 Å². The minimum Gasteiger partial charge on any atom is -0.373 e. The van der Waals surface area contributed by atoms with E-state index in [1.165, 1.54) is 10.4 Å². The number of nitrogens with zero attached hydrogens (tertiary/aromatic N) is 2. The van der Waals surface area contributed by atoms with Crippen LogP contribution in [0.3, 0.4) is 0 Å². The average Bonchev–Trinajstić information content (AvgIpc) is 3.16. The maximum atomic E-state index is 12.7. The summed E-state index contributed by atoms with van der Waals surface area (Å²) >= 11 is 1.64. The smallest absolute Gasteiger partial charge is 0.231 e. The highest BCUT2D eigenvalue weighted by atomic mass is 32.1. The van der Waals surface area contributed by atoms with E-state index in [4.69, 9.17) is 4.74 Å². The van der Waals surface area contributed by atoms with Gasteiger partial charge in [0.1, 0.15) is 0 Å². The lowest BCUT2D eigenvalue weighted by atomic mass is 9.96. The van der Waals surface area contributed by atoms with E-state index in [2.05, 4.69) is 31.2 Å². The SMILES string of the molecule is Cc1sc(NC(=O)[C@H]2CCO[C@@H]2c2cnn(C)c2)c(C)c1C. The highest BCUT2D eigenvalue weighted by Crippen LogP contribution is 2.37. The molecule has 2 atom stereocenters. The van der Waals surface area contributed by atoms with E-state index in [1.807, 2.05) is 13.2 Å². The molecule has 2 aromatic rings. The van der Waals surface area contributed by atoms with Crippen molar-refractivity contribution in [2.24, 2.45) is 13.0 Å². The first-order valence-electron chi connectivity index (χ1n) is 7.45. The van der Waals surface area contributed by atoms with E-state index in [-0.39, 0.29) is 17.9 Å². The van der Waals surface area contributed by atoms with Crippen LogP contribution in [-0.2, 0) is 16.6 Å². The normalized spacial score (nSPS) is 21.3. The summed E-state index contributed by atoms with van der Waals surface area (Å²) in [6.07, 6.45) is 4.24. The molecule has 0 unspecified atom stereocenters. The molecule has 5 nitrogen and oxygen atoms in total. The van der Waals surface area contributed by atoms with Crippen LogP contribution in [0.5, 0.6) is 0 Å². The van der Waals surface area contributed by atoms with Gasteiger partial charge in [-0.15, -0.1) is 11.3 Å². The molecule has 1 fully saturated rings. The summed E-state index contributed by atoms with van der Waals surface area (Å²) in [5.74, 6) is -0.123. The molecule has 0 aliphatic carbocycles. The van der Waals surface area contributed by atoms with Gasteiger partial charge < -0.3 is 10.1 Å². The van der Waals surface area contributed by atoms with Crippen LogP contribution in [0, 0.1) is 26.7 Å². The zero-order chi connectivity index (χ0) is 15.9. The Morgan fingerprint density at radius 1 is 1.41 bits per heavy atom. The summed E-state index contributed by atoms with van der Waals surface area (Å²) in [4.78, 5) is 13.9. The number of amides is 1. The number of nitrogens with one attached hydrogen (secondary N) is 1. The minimum absolute atomic E-state index is 0.0377. The zero-order valence-electron chi connectivity index (χ0n) is 13.3. The monoisotopic (exact) mass is 319 g/mol. The van der Waals surface area contributed by atoms with E-state index in [9.17, 15) is 4.79 Å². The lowest BCUT2D eigenvalue weighted by molar-refractivity contribution is -0.121. The third-order valence-electron chi connectivity index (χ3n) is 4.40. The Bertz CT molecular complexity index is 704. The molecule has 118 valence electrons. The predicted octanol–water partition coefficient (Wildman–Crippen LogP) is 3.12. The number of aromatic nitrogens is 2. The Morgan fingerprint density at radius 2 is 2.18 bits per heavy atom. The molecular formula is C16H21N3O2S. The molecule has 0 saturated carbocycles. The van der Waals surface area contributed by atoms with Gasteiger partial charge in [0.2, 0.25) is 5.91 Å². The van der Waals surface area contributed by atoms with Crippen molar-refractivity contribution in [2.45, 2.75) is 33.3 Å². The first kappa shape index (κ1) is 15.2. The van der Waals surface area contributed by atoms with Gasteiger partial charge in [-0.25, -0.2) is 0 Å². The van der Waals surface area contributed by atoms with E-state index in [0.29, 0.717) is 6.61 Å². The molecule has 1 aliphatic rings. The number of hydrogen-bond donors (Lipinski definition) is 1. The summed E-state index contributed by atoms with van der Waals surface area (Å²) in [5, 5.41) is 8.22. The highest BCUT2D eigenvalue weighted by molar-refractivity contribution is 7.16. The van der Waals surface area contributed by atoms with Crippen LogP contribution in [0.15, 0.2) is 12.4 Å². The van der Waals surface area contributed by atoms with Crippen molar-refractivity contribution in [3.63, 3.8) is 0 Å². The second kappa shape index (κ2) is 5.85. The predicted molar refractivity (Wildman–Crippen MR) is 87.2 cm³/mol. The van der Waals surface area contributed by atoms with Crippen LogP contribution in [0.2, 0.25) is 0 Å². The van der Waals surface area contributed by atoms with Crippen molar-refractivity contribution in [1.82, 2.24) is 9.78 Å². The molecule has 1 aliphatic heterocycles. The molecule has 0 spiro atoms. The molecule has 22 heavy (non-hydrogen) atoms. The van der Waals surface area contributed by atoms with Crippen molar-refractivity contribution < 1.29 is 9.53 Å². The summed E-state index contributed by atoms with van der Waals surface area (Å²) in [5.41, 5.74) is 3.38. The maximum absolute atomic E-state index is 12.7. The van der Waals surface area contributed by atoms with Crippen LogP contribution >= 0.6 is 11.3 Å². The molecule has 1 amide bonds. The van der Waals surface area contributed by atoms with Gasteiger partial charge in [-0.2, -0.15) is 5.10 Å². The molecule has 1 saturated heterocycles. The van der Waals surface area contributed by atoms with Gasteiger partial charge in [0.15, 0.2) is 0 Å². The van der Waals surface area contributed by atoms with Crippen LogP contribution in [-0.4, -0.2) is 22.3 Å². The third-order valence-corrected chi connectivity index (χ3v) is 5.63. The maximum Gasteiger partial charge on any atom is 0.231 e. The number of carbonyl (C=O) groups excluding carboxylic acids is 1. The summed E-state index contributed by atoms with van der Waals surface area (Å²) in [6, 6.07) is 0. The fraction of sp³-hybridized carbons (Fsp3) is 0.500. The summed E-state index contributed by atoms with van der Waals surface area (Å²) in [7, 11) is 1.87. The Labute approximate surface area is 134 Å². The standard InChI is InChI=1S/C16H21N3O2S/c1-9-10(2)16(22-11(9)3)18-15(20)13-5-6-21-14(13)12-7-17-19(4)8-12/h7-8,13-14H,5-6H2,1-4H3,(H,18,20)/t13-,14+/m0/s1. The molecule has 1 N–H and O–H groups in total. The first-order valence-corrected chi connectivity index (χ1v) is 8.26. The topological polar surface area (TPSA) is 56.1 Å². The minimum atomic E-state index is -0.198. The fourth-order valence-electron chi connectivity index (χ4n) is 2.84. The van der Waals surface area contributed by atoms with Crippen LogP contribution in [0.1, 0.15) is 34.1 Å². The lowest BCUT2D eigenvalue weighted by Gasteiger charge is -2.16. The molecule has 3 rings (SSSR count). The van der Waals surface area contributed by atoms with Gasteiger partial charge in [-0.3, -0.25) is 9.48 Å². The molecule has 0 bridgehead atoms. The van der Waals surface area contributed by atoms with E-state index in [0.717, 1.165) is 22.5 Å². The van der Waals surface area contributed by atoms with Gasteiger partial charge in [0.05, 0.1) is 23.2 Å². The Balaban J connectivity index is 1.77. The Hall–Kier alpha value is -1.66. The van der Waals surface area contributed by atoms with Crippen molar-refractivity contribution in [3.05, 3.63) is 34.0 Å². The van der Waals surface area contributed by atoms with Crippen molar-refractivity contribution in [1.29, 1.82) is 0 Å². The quantitative estimate of drug-likeness (QED) is 0.945. The van der Waals surface area contributed by atoms with Gasteiger partial charge in [-0.1, -0.05) is 0 Å². The molecule has 3 heterocycles. The van der Waals surface area contributed by atoms with Crippen LogP contribution < -0.4 is 5.32 Å². The Kier molecular flexibility index (Phi) is 4.06. The number of hydrogen-bond acceptors (Lipinski definition) is 4. The third kappa shape index (κ3) is 2.68. The highest BCUT2D eigenvalue weighted by Gasteiger charge is 2.36. The lowest BCUT2D eigenvalue weighted by Crippen LogP contribution is -2.25. The molecule has 0 aromatic carbocycles. The number of carbonyl (C=O) groups is 1. The van der Waals surface area contributed by atoms with E-state index >= 15 is 0 Å². The number of ether oxygens (including phenoxy) is 1. The van der Waals surface area contributed by atoms with Crippen molar-refractivity contribution in [2.75, 3.05) is 11.9 Å². The van der Waals surface area contributed by atoms with Crippen molar-refractivity contribution >= 4 is 22.2 Å². The van der Waals surface area contributed by atoms with Gasteiger partial charge in [0, 0.05) is 30.3 Å². The zero-order valence-corrected chi connectivity index (χ0v) is 14.2. The van der Waals surface area contributed by atoms with Gasteiger partial charge in [-0.05, 0) is 38.3 Å². The van der Waals surface area contributed by atoms with Crippen LogP contribution in [0.25, 0.3) is 0 Å². The molecular weight excluding hydrogens is 298 g/mol. The second-order valence-corrected chi connectivity index (χ2v) is 7.09. The Morgan fingerprint density at radius 3 is 2.77 bits per heavy atom. The number of thiophene rings is 1. The van der Waals surface area contributed by atoms with Crippen LogP contribution in [0.4, 0.5) is 5.00 Å². The average molecular weight is 319 g/mol. The summed E-state index contributed by atoms with van der Waals surface area (Å²) < 4.78 is 7.51.